The van der Waals surface area contributed by atoms with Crippen LogP contribution in [0.2, 0.25) is 0 Å². The fraction of sp³-hybridized carbons (Fsp3) is 0.750. The van der Waals surface area contributed by atoms with E-state index in [1.165, 1.54) is 6.42 Å². The lowest BCUT2D eigenvalue weighted by molar-refractivity contribution is 0.247. The van der Waals surface area contributed by atoms with Gasteiger partial charge >= 0.3 is 0 Å². The van der Waals surface area contributed by atoms with E-state index < -0.39 is 0 Å². The lowest BCUT2D eigenvalue weighted by atomic mass is 9.75. The van der Waals surface area contributed by atoms with Gasteiger partial charge in [-0.2, -0.15) is 0 Å². The molecule has 2 rings (SSSR count). The molecule has 1 aromatic heterocycles. The van der Waals surface area contributed by atoms with Crippen LogP contribution in [-0.2, 0) is 6.42 Å². The number of nitrogens with zero attached hydrogens (tertiary/aromatic N) is 2. The Morgan fingerprint density at radius 3 is 2.67 bits per heavy atom. The first-order valence-electron chi connectivity index (χ1n) is 4.26. The predicted octanol–water partition coefficient (Wildman–Crippen LogP) is 1.27. The molecule has 2 N–H and O–H groups in total. The predicted molar refractivity (Wildman–Crippen MR) is 49.1 cm³/mol. The van der Waals surface area contributed by atoms with Gasteiger partial charge in [-0.1, -0.05) is 0 Å². The van der Waals surface area contributed by atoms with E-state index in [0.717, 1.165) is 29.3 Å². The Hall–Kier alpha value is -0.480. The van der Waals surface area contributed by atoms with Crippen LogP contribution in [0.4, 0.5) is 0 Å². The Bertz CT molecular complexity index is 278. The summed E-state index contributed by atoms with van der Waals surface area (Å²) in [7, 11) is 0. The minimum absolute atomic E-state index is 0.0476. The highest BCUT2D eigenvalue weighted by atomic mass is 32.1. The lowest BCUT2D eigenvalue weighted by Gasteiger charge is -2.37. The largest absolute Gasteiger partial charge is 0.325 e. The Balaban J connectivity index is 2.03. The average molecular weight is 183 g/mol. The molecule has 1 heterocycles. The van der Waals surface area contributed by atoms with E-state index in [2.05, 4.69) is 10.2 Å². The van der Waals surface area contributed by atoms with Gasteiger partial charge in [0.05, 0.1) is 0 Å². The maximum Gasteiger partial charge on any atom is 0.119 e. The van der Waals surface area contributed by atoms with Crippen LogP contribution in [0.5, 0.6) is 0 Å². The molecule has 66 valence electrons. The molecule has 1 aromatic rings. The van der Waals surface area contributed by atoms with Crippen molar-refractivity contribution in [3.05, 3.63) is 10.0 Å². The van der Waals surface area contributed by atoms with Crippen molar-refractivity contribution in [2.75, 3.05) is 0 Å². The van der Waals surface area contributed by atoms with Gasteiger partial charge in [0.1, 0.15) is 10.0 Å². The number of aryl methyl sites for hydroxylation is 1. The van der Waals surface area contributed by atoms with Crippen LogP contribution < -0.4 is 5.73 Å². The molecular weight excluding hydrogens is 170 g/mol. The van der Waals surface area contributed by atoms with Gasteiger partial charge in [0, 0.05) is 12.0 Å². The number of hydrogen-bond acceptors (Lipinski definition) is 4. The van der Waals surface area contributed by atoms with Crippen LogP contribution in [-0.4, -0.2) is 15.7 Å². The third kappa shape index (κ3) is 1.49. The standard InChI is InChI=1S/C8H13N3S/c1-6-10-11-7(12-6)5-8(9)3-2-4-8/h2-5,9H2,1H3. The third-order valence-corrected chi connectivity index (χ3v) is 3.26. The first-order valence-corrected chi connectivity index (χ1v) is 5.07. The zero-order valence-electron chi connectivity index (χ0n) is 7.21. The molecule has 0 atom stereocenters. The van der Waals surface area contributed by atoms with Crippen LogP contribution in [0.3, 0.4) is 0 Å². The van der Waals surface area contributed by atoms with Gasteiger partial charge in [-0.25, -0.2) is 0 Å². The SMILES string of the molecule is Cc1nnc(CC2(N)CCC2)s1. The smallest absolute Gasteiger partial charge is 0.119 e. The van der Waals surface area contributed by atoms with E-state index in [1.54, 1.807) is 11.3 Å². The quantitative estimate of drug-likeness (QED) is 0.751. The van der Waals surface area contributed by atoms with Crippen molar-refractivity contribution >= 4 is 11.3 Å². The van der Waals surface area contributed by atoms with Crippen LogP contribution in [0.1, 0.15) is 29.3 Å². The van der Waals surface area contributed by atoms with Gasteiger partial charge in [0.25, 0.3) is 0 Å². The Kier molecular flexibility index (Phi) is 1.88. The summed E-state index contributed by atoms with van der Waals surface area (Å²) < 4.78 is 0. The number of aromatic nitrogens is 2. The van der Waals surface area contributed by atoms with Gasteiger partial charge in [0.2, 0.25) is 0 Å². The van der Waals surface area contributed by atoms with Crippen LogP contribution in [0.15, 0.2) is 0 Å². The van der Waals surface area contributed by atoms with Crippen molar-refractivity contribution in [1.82, 2.24) is 10.2 Å². The molecule has 0 unspecified atom stereocenters. The normalized spacial score (nSPS) is 20.5. The van der Waals surface area contributed by atoms with Crippen molar-refractivity contribution in [2.45, 2.75) is 38.1 Å². The molecule has 1 fully saturated rings. The highest BCUT2D eigenvalue weighted by molar-refractivity contribution is 7.11. The van der Waals surface area contributed by atoms with E-state index >= 15 is 0 Å². The van der Waals surface area contributed by atoms with Crippen molar-refractivity contribution in [3.63, 3.8) is 0 Å². The van der Waals surface area contributed by atoms with Crippen molar-refractivity contribution in [2.24, 2.45) is 5.73 Å². The summed E-state index contributed by atoms with van der Waals surface area (Å²) in [6, 6.07) is 0. The molecule has 0 saturated heterocycles. The Labute approximate surface area is 76.0 Å². The van der Waals surface area contributed by atoms with Crippen LogP contribution in [0, 0.1) is 6.92 Å². The fourth-order valence-electron chi connectivity index (χ4n) is 1.52. The van der Waals surface area contributed by atoms with Crippen molar-refractivity contribution < 1.29 is 0 Å². The van der Waals surface area contributed by atoms with E-state index in [-0.39, 0.29) is 5.54 Å². The highest BCUT2D eigenvalue weighted by Crippen LogP contribution is 2.32. The maximum atomic E-state index is 6.08. The first-order chi connectivity index (χ1) is 5.68. The molecule has 0 bridgehead atoms. The second kappa shape index (κ2) is 2.78. The topological polar surface area (TPSA) is 51.8 Å². The zero-order valence-corrected chi connectivity index (χ0v) is 8.02. The van der Waals surface area contributed by atoms with Gasteiger partial charge in [-0.15, -0.1) is 21.5 Å². The molecule has 0 aliphatic heterocycles. The van der Waals surface area contributed by atoms with E-state index in [1.807, 2.05) is 6.92 Å². The molecule has 0 spiro atoms. The van der Waals surface area contributed by atoms with Gasteiger partial charge < -0.3 is 5.73 Å². The molecule has 12 heavy (non-hydrogen) atoms. The van der Waals surface area contributed by atoms with Crippen LogP contribution in [0.25, 0.3) is 0 Å². The molecule has 0 radical (unpaired) electrons. The van der Waals surface area contributed by atoms with Crippen molar-refractivity contribution in [3.8, 4) is 0 Å². The zero-order chi connectivity index (χ0) is 8.60. The van der Waals surface area contributed by atoms with E-state index in [0.29, 0.717) is 0 Å². The summed E-state index contributed by atoms with van der Waals surface area (Å²) in [5.74, 6) is 0. The van der Waals surface area contributed by atoms with Crippen molar-refractivity contribution in [1.29, 1.82) is 0 Å². The number of hydrogen-bond donors (Lipinski definition) is 1. The summed E-state index contributed by atoms with van der Waals surface area (Å²) in [6.45, 7) is 1.98. The molecule has 1 saturated carbocycles. The molecular formula is C8H13N3S. The average Bonchev–Trinajstić information content (AvgIpc) is 2.32. The molecule has 4 heteroatoms. The first kappa shape index (κ1) is 8.13. The molecule has 0 amide bonds. The van der Waals surface area contributed by atoms with E-state index in [9.17, 15) is 0 Å². The lowest BCUT2D eigenvalue weighted by Crippen LogP contribution is -2.48. The Morgan fingerprint density at radius 1 is 1.50 bits per heavy atom. The molecule has 1 aliphatic rings. The number of nitrogens with two attached hydrogens (primary N) is 1. The summed E-state index contributed by atoms with van der Waals surface area (Å²) >= 11 is 1.66. The number of rotatable bonds is 2. The maximum absolute atomic E-state index is 6.08. The van der Waals surface area contributed by atoms with Gasteiger partial charge in [-0.3, -0.25) is 0 Å². The molecule has 3 nitrogen and oxygen atoms in total. The second-order valence-electron chi connectivity index (χ2n) is 3.61. The summed E-state index contributed by atoms with van der Waals surface area (Å²) in [4.78, 5) is 0. The van der Waals surface area contributed by atoms with Gasteiger partial charge in [-0.05, 0) is 26.2 Å². The highest BCUT2D eigenvalue weighted by Gasteiger charge is 2.33. The fourth-order valence-corrected chi connectivity index (χ4v) is 2.38. The summed E-state index contributed by atoms with van der Waals surface area (Å²) in [5, 5.41) is 10.2. The summed E-state index contributed by atoms with van der Waals surface area (Å²) in [6.07, 6.45) is 4.48. The monoisotopic (exact) mass is 183 g/mol. The van der Waals surface area contributed by atoms with E-state index in [4.69, 9.17) is 5.73 Å². The second-order valence-corrected chi connectivity index (χ2v) is 4.87. The third-order valence-electron chi connectivity index (χ3n) is 2.42. The minimum Gasteiger partial charge on any atom is -0.325 e. The van der Waals surface area contributed by atoms with Crippen LogP contribution >= 0.6 is 11.3 Å². The van der Waals surface area contributed by atoms with Gasteiger partial charge in [0.15, 0.2) is 0 Å². The minimum atomic E-state index is 0.0476. The summed E-state index contributed by atoms with van der Waals surface area (Å²) in [5.41, 5.74) is 6.13. The Morgan fingerprint density at radius 2 is 2.25 bits per heavy atom. The molecule has 1 aliphatic carbocycles. The molecule has 0 aromatic carbocycles.